The normalized spacial score (nSPS) is 34.7. The summed E-state index contributed by atoms with van der Waals surface area (Å²) in [5, 5.41) is 25.0. The lowest BCUT2D eigenvalue weighted by Gasteiger charge is -2.50. The Morgan fingerprint density at radius 1 is 1.17 bits per heavy atom. The molecule has 6 atom stereocenters. The number of aliphatic hydroxyl groups is 1. The maximum Gasteiger partial charge on any atom is 0.120 e. The minimum atomic E-state index is -0.341. The number of benzene rings is 2. The zero-order valence-corrected chi connectivity index (χ0v) is 18.0. The average Bonchev–Trinajstić information content (AvgIpc) is 3.03. The molecule has 160 valence electrons. The second-order valence-electron chi connectivity index (χ2n) is 9.82. The van der Waals surface area contributed by atoms with Crippen LogP contribution in [-0.4, -0.2) is 29.5 Å². The van der Waals surface area contributed by atoms with Gasteiger partial charge < -0.3 is 20.3 Å². The molecule has 2 aromatic carbocycles. The third-order valence-corrected chi connectivity index (χ3v) is 8.48. The summed E-state index contributed by atoms with van der Waals surface area (Å²) in [6.45, 7) is 2.90. The van der Waals surface area contributed by atoms with Crippen LogP contribution in [0.5, 0.6) is 11.5 Å². The van der Waals surface area contributed by atoms with Crippen LogP contribution in [0.2, 0.25) is 0 Å². The Morgan fingerprint density at radius 2 is 2.00 bits per heavy atom. The number of methoxy groups -OCH3 is 1. The van der Waals surface area contributed by atoms with Gasteiger partial charge in [0.1, 0.15) is 11.5 Å². The second-order valence-corrected chi connectivity index (χ2v) is 9.82. The Hall–Kier alpha value is -2.04. The highest BCUT2D eigenvalue weighted by Crippen LogP contribution is 2.61. The molecule has 2 saturated carbocycles. The molecule has 0 radical (unpaired) electrons. The molecule has 3 aliphatic rings. The number of phenols is 1. The lowest BCUT2D eigenvalue weighted by atomic mass is 9.55. The van der Waals surface area contributed by atoms with Crippen molar-refractivity contribution in [2.24, 2.45) is 17.3 Å². The van der Waals surface area contributed by atoms with Crippen LogP contribution in [0.15, 0.2) is 42.5 Å². The number of fused-ring (bicyclic) bond motifs is 5. The van der Waals surface area contributed by atoms with E-state index >= 15 is 0 Å². The van der Waals surface area contributed by atoms with Gasteiger partial charge in [0.15, 0.2) is 0 Å². The van der Waals surface area contributed by atoms with Crippen molar-refractivity contribution >= 4 is 0 Å². The van der Waals surface area contributed by atoms with E-state index in [4.69, 9.17) is 4.74 Å². The summed E-state index contributed by atoms with van der Waals surface area (Å²) in [6, 6.07) is 14.2. The molecule has 0 spiro atoms. The van der Waals surface area contributed by atoms with Crippen LogP contribution in [0.3, 0.4) is 0 Å². The highest BCUT2D eigenvalue weighted by Gasteiger charge is 2.57. The fraction of sp³-hybridized carbons (Fsp3) is 0.538. The third kappa shape index (κ3) is 3.12. The predicted octanol–water partition coefficient (Wildman–Crippen LogP) is 4.39. The lowest BCUT2D eigenvalue weighted by molar-refractivity contribution is -0.0281. The van der Waals surface area contributed by atoms with Crippen LogP contribution < -0.4 is 10.1 Å². The number of hydrogen-bond donors (Lipinski definition) is 3. The molecule has 0 aromatic heterocycles. The van der Waals surface area contributed by atoms with Gasteiger partial charge in [0.25, 0.3) is 0 Å². The van der Waals surface area contributed by atoms with Crippen molar-refractivity contribution in [2.45, 2.75) is 63.6 Å². The van der Waals surface area contributed by atoms with E-state index in [-0.39, 0.29) is 17.6 Å². The molecule has 3 aliphatic carbocycles. The molecule has 4 nitrogen and oxygen atoms in total. The number of hydrogen-bond acceptors (Lipinski definition) is 4. The van der Waals surface area contributed by atoms with Gasteiger partial charge in [-0.25, -0.2) is 0 Å². The number of rotatable bonds is 4. The summed E-state index contributed by atoms with van der Waals surface area (Å²) in [7, 11) is 1.74. The van der Waals surface area contributed by atoms with E-state index in [2.05, 4.69) is 30.4 Å². The number of aromatic hydroxyl groups is 1. The van der Waals surface area contributed by atoms with E-state index in [0.29, 0.717) is 30.0 Å². The van der Waals surface area contributed by atoms with Crippen LogP contribution in [0.25, 0.3) is 0 Å². The van der Waals surface area contributed by atoms with Crippen LogP contribution >= 0.6 is 0 Å². The van der Waals surface area contributed by atoms with Crippen LogP contribution in [0, 0.1) is 17.3 Å². The highest BCUT2D eigenvalue weighted by atomic mass is 16.5. The van der Waals surface area contributed by atoms with Gasteiger partial charge in [0.05, 0.1) is 13.2 Å². The fourth-order valence-electron chi connectivity index (χ4n) is 6.80. The van der Waals surface area contributed by atoms with E-state index in [1.54, 1.807) is 13.2 Å². The SMILES string of the molecule is COc1ccc2c(c1)CCC1C2CC[C@@]2(C)C1C[C@H](NCc1ccccc1O)[C@@H]2O. The highest BCUT2D eigenvalue weighted by molar-refractivity contribution is 5.41. The fourth-order valence-corrected chi connectivity index (χ4v) is 6.80. The standard InChI is InChI=1S/C26H33NO3/c1-26-12-11-20-19-10-8-18(30-2)13-16(19)7-9-21(20)22(26)14-23(25(26)29)27-15-17-5-3-4-6-24(17)28/h3-6,8,10,13,20-23,25,27-29H,7,9,11-12,14-15H2,1-2H3/t20?,21?,22?,23-,25-,26-/m0/s1. The smallest absolute Gasteiger partial charge is 0.120 e. The van der Waals surface area contributed by atoms with Gasteiger partial charge in [-0.05, 0) is 84.6 Å². The molecule has 0 saturated heterocycles. The molecule has 4 heteroatoms. The molecule has 0 bridgehead atoms. The summed E-state index contributed by atoms with van der Waals surface area (Å²) in [5.41, 5.74) is 3.82. The molecule has 2 aromatic rings. The quantitative estimate of drug-likeness (QED) is 0.704. The van der Waals surface area contributed by atoms with E-state index in [1.165, 1.54) is 17.5 Å². The second kappa shape index (κ2) is 7.58. The zero-order chi connectivity index (χ0) is 20.9. The lowest BCUT2D eigenvalue weighted by Crippen LogP contribution is -2.46. The van der Waals surface area contributed by atoms with Crippen LogP contribution in [0.4, 0.5) is 0 Å². The maximum absolute atomic E-state index is 11.3. The average molecular weight is 408 g/mol. The number of nitrogens with one attached hydrogen (secondary N) is 1. The topological polar surface area (TPSA) is 61.7 Å². The Morgan fingerprint density at radius 3 is 2.80 bits per heavy atom. The molecule has 5 rings (SSSR count). The molecular formula is C26H33NO3. The Kier molecular flexibility index (Phi) is 5.03. The summed E-state index contributed by atoms with van der Waals surface area (Å²) >= 11 is 0. The van der Waals surface area contributed by atoms with Gasteiger partial charge in [0, 0.05) is 18.2 Å². The number of aliphatic hydroxyl groups excluding tert-OH is 1. The molecule has 0 aliphatic heterocycles. The number of ether oxygens (including phenoxy) is 1. The molecule has 2 fully saturated rings. The maximum atomic E-state index is 11.3. The largest absolute Gasteiger partial charge is 0.508 e. The van der Waals surface area contributed by atoms with E-state index in [9.17, 15) is 10.2 Å². The van der Waals surface area contributed by atoms with Gasteiger partial charge in [-0.15, -0.1) is 0 Å². The van der Waals surface area contributed by atoms with Crippen LogP contribution in [0.1, 0.15) is 55.2 Å². The molecule has 0 amide bonds. The number of para-hydroxylation sites is 1. The van der Waals surface area contributed by atoms with Gasteiger partial charge in [-0.3, -0.25) is 0 Å². The summed E-state index contributed by atoms with van der Waals surface area (Å²) in [4.78, 5) is 0. The van der Waals surface area contributed by atoms with Gasteiger partial charge >= 0.3 is 0 Å². The van der Waals surface area contributed by atoms with Gasteiger partial charge in [0.2, 0.25) is 0 Å². The first-order valence-electron chi connectivity index (χ1n) is 11.4. The van der Waals surface area contributed by atoms with Crippen molar-refractivity contribution in [1.29, 1.82) is 0 Å². The zero-order valence-electron chi connectivity index (χ0n) is 18.0. The first-order valence-corrected chi connectivity index (χ1v) is 11.4. The van der Waals surface area contributed by atoms with Crippen molar-refractivity contribution in [2.75, 3.05) is 7.11 Å². The molecule has 3 N–H and O–H groups in total. The monoisotopic (exact) mass is 407 g/mol. The first kappa shape index (κ1) is 19.9. The Balaban J connectivity index is 1.35. The molecule has 3 unspecified atom stereocenters. The molecular weight excluding hydrogens is 374 g/mol. The minimum absolute atomic E-state index is 0.0263. The van der Waals surface area contributed by atoms with E-state index in [0.717, 1.165) is 37.0 Å². The van der Waals surface area contributed by atoms with Gasteiger partial charge in [-0.1, -0.05) is 31.2 Å². The Labute approximate surface area is 179 Å². The van der Waals surface area contributed by atoms with Crippen molar-refractivity contribution in [3.63, 3.8) is 0 Å². The summed E-state index contributed by atoms with van der Waals surface area (Å²) in [6.07, 6.45) is 5.20. The van der Waals surface area contributed by atoms with Gasteiger partial charge in [-0.2, -0.15) is 0 Å². The third-order valence-electron chi connectivity index (χ3n) is 8.48. The van der Waals surface area contributed by atoms with Crippen molar-refractivity contribution in [1.82, 2.24) is 5.32 Å². The summed E-state index contributed by atoms with van der Waals surface area (Å²) < 4.78 is 5.44. The van der Waals surface area contributed by atoms with Crippen molar-refractivity contribution in [3.8, 4) is 11.5 Å². The summed E-state index contributed by atoms with van der Waals surface area (Å²) in [5.74, 6) is 3.04. The van der Waals surface area contributed by atoms with E-state index in [1.807, 2.05) is 18.2 Å². The Bertz CT molecular complexity index is 928. The van der Waals surface area contributed by atoms with Crippen LogP contribution in [-0.2, 0) is 13.0 Å². The van der Waals surface area contributed by atoms with Crippen molar-refractivity contribution < 1.29 is 14.9 Å². The van der Waals surface area contributed by atoms with E-state index < -0.39 is 0 Å². The predicted molar refractivity (Wildman–Crippen MR) is 118 cm³/mol. The number of aryl methyl sites for hydroxylation is 1. The minimum Gasteiger partial charge on any atom is -0.508 e. The number of phenolic OH excluding ortho intramolecular Hbond substituents is 1. The molecule has 30 heavy (non-hydrogen) atoms. The first-order chi connectivity index (χ1) is 14.5. The van der Waals surface area contributed by atoms with Crippen molar-refractivity contribution in [3.05, 3.63) is 59.2 Å². The molecule has 0 heterocycles.